The van der Waals surface area contributed by atoms with E-state index in [-0.39, 0.29) is 0 Å². The van der Waals surface area contributed by atoms with Crippen LogP contribution in [-0.2, 0) is 10.0 Å². The van der Waals surface area contributed by atoms with Gasteiger partial charge < -0.3 is 5.73 Å². The lowest BCUT2D eigenvalue weighted by atomic mass is 10.3. The number of hydrogen-bond acceptors (Lipinski definition) is 3. The molecule has 0 aliphatic heterocycles. The Morgan fingerprint density at radius 3 is 2.40 bits per heavy atom. The van der Waals surface area contributed by atoms with Crippen LogP contribution in [0, 0.1) is 0 Å². The summed E-state index contributed by atoms with van der Waals surface area (Å²) in [7, 11) is -3.33. The standard InChI is InChI=1S/C10H16N2O2S/c11-8-4-5-9-12-15(13,14)10-6-2-1-3-7-10/h1-3,6-7,12H,4-5,8-9,11H2. The molecule has 1 aromatic rings. The summed E-state index contributed by atoms with van der Waals surface area (Å²) in [5, 5.41) is 0. The molecule has 4 nitrogen and oxygen atoms in total. The molecule has 0 fully saturated rings. The van der Waals surface area contributed by atoms with Gasteiger partial charge in [-0.25, -0.2) is 13.1 Å². The van der Waals surface area contributed by atoms with Crippen LogP contribution < -0.4 is 10.5 Å². The van der Waals surface area contributed by atoms with Gasteiger partial charge in [0.25, 0.3) is 0 Å². The smallest absolute Gasteiger partial charge is 0.240 e. The maximum absolute atomic E-state index is 11.7. The van der Waals surface area contributed by atoms with Crippen molar-refractivity contribution in [2.75, 3.05) is 13.1 Å². The topological polar surface area (TPSA) is 72.2 Å². The first-order valence-electron chi connectivity index (χ1n) is 4.91. The van der Waals surface area contributed by atoms with E-state index < -0.39 is 10.0 Å². The number of hydrogen-bond donors (Lipinski definition) is 2. The zero-order valence-corrected chi connectivity index (χ0v) is 9.33. The predicted octanol–water partition coefficient (Wildman–Crippen LogP) is 0.704. The van der Waals surface area contributed by atoms with Gasteiger partial charge in [-0.15, -0.1) is 0 Å². The maximum atomic E-state index is 11.7. The van der Waals surface area contributed by atoms with Crippen LogP contribution in [0.25, 0.3) is 0 Å². The van der Waals surface area contributed by atoms with Crippen molar-refractivity contribution in [3.05, 3.63) is 30.3 Å². The van der Waals surface area contributed by atoms with E-state index in [0.29, 0.717) is 18.0 Å². The average molecular weight is 228 g/mol. The molecule has 84 valence electrons. The number of rotatable bonds is 6. The van der Waals surface area contributed by atoms with Gasteiger partial charge >= 0.3 is 0 Å². The molecule has 0 bridgehead atoms. The number of sulfonamides is 1. The van der Waals surface area contributed by atoms with Crippen LogP contribution >= 0.6 is 0 Å². The van der Waals surface area contributed by atoms with Crippen molar-refractivity contribution < 1.29 is 8.42 Å². The third-order valence-corrected chi connectivity index (χ3v) is 3.45. The van der Waals surface area contributed by atoms with Crippen LogP contribution in [0.1, 0.15) is 12.8 Å². The van der Waals surface area contributed by atoms with Gasteiger partial charge in [-0.05, 0) is 31.5 Å². The summed E-state index contributed by atoms with van der Waals surface area (Å²) in [4.78, 5) is 0.303. The number of unbranched alkanes of at least 4 members (excludes halogenated alkanes) is 1. The summed E-state index contributed by atoms with van der Waals surface area (Å²) in [5.74, 6) is 0. The molecule has 1 rings (SSSR count). The van der Waals surface area contributed by atoms with Crippen molar-refractivity contribution in [3.63, 3.8) is 0 Å². The zero-order valence-electron chi connectivity index (χ0n) is 8.52. The fourth-order valence-electron chi connectivity index (χ4n) is 1.16. The molecule has 0 heterocycles. The molecule has 0 amide bonds. The molecule has 3 N–H and O–H groups in total. The van der Waals surface area contributed by atoms with E-state index in [1.54, 1.807) is 30.3 Å². The van der Waals surface area contributed by atoms with E-state index in [9.17, 15) is 8.42 Å². The Hall–Kier alpha value is -0.910. The number of benzene rings is 1. The Bertz CT molecular complexity index is 376. The van der Waals surface area contributed by atoms with E-state index in [1.165, 1.54) is 0 Å². The van der Waals surface area contributed by atoms with Crippen molar-refractivity contribution in [1.29, 1.82) is 0 Å². The van der Waals surface area contributed by atoms with E-state index in [0.717, 1.165) is 12.8 Å². The van der Waals surface area contributed by atoms with Crippen molar-refractivity contribution in [1.82, 2.24) is 4.72 Å². The van der Waals surface area contributed by atoms with Crippen LogP contribution in [0.4, 0.5) is 0 Å². The third-order valence-electron chi connectivity index (χ3n) is 1.98. The number of nitrogens with two attached hydrogens (primary N) is 1. The van der Waals surface area contributed by atoms with Crippen molar-refractivity contribution >= 4 is 10.0 Å². The first-order valence-corrected chi connectivity index (χ1v) is 6.40. The molecule has 0 saturated heterocycles. The monoisotopic (exact) mass is 228 g/mol. The fourth-order valence-corrected chi connectivity index (χ4v) is 2.25. The highest BCUT2D eigenvalue weighted by Gasteiger charge is 2.11. The highest BCUT2D eigenvalue weighted by Crippen LogP contribution is 2.06. The van der Waals surface area contributed by atoms with Gasteiger partial charge in [0.2, 0.25) is 10.0 Å². The molecular weight excluding hydrogens is 212 g/mol. The van der Waals surface area contributed by atoms with Gasteiger partial charge in [-0.1, -0.05) is 18.2 Å². The summed E-state index contributed by atoms with van der Waals surface area (Å²) < 4.78 is 25.8. The van der Waals surface area contributed by atoms with Crippen molar-refractivity contribution in [2.24, 2.45) is 5.73 Å². The van der Waals surface area contributed by atoms with Crippen molar-refractivity contribution in [3.8, 4) is 0 Å². The SMILES string of the molecule is NCCCCNS(=O)(=O)c1ccccc1. The normalized spacial score (nSPS) is 11.5. The Kier molecular flexibility index (Phi) is 4.74. The summed E-state index contributed by atoms with van der Waals surface area (Å²) in [5.41, 5.74) is 5.31. The molecule has 0 radical (unpaired) electrons. The first kappa shape index (κ1) is 12.2. The Morgan fingerprint density at radius 2 is 1.80 bits per heavy atom. The lowest BCUT2D eigenvalue weighted by molar-refractivity contribution is 0.577. The zero-order chi connectivity index (χ0) is 11.1. The van der Waals surface area contributed by atoms with E-state index >= 15 is 0 Å². The van der Waals surface area contributed by atoms with Crippen LogP contribution in [0.15, 0.2) is 35.2 Å². The molecule has 0 aromatic heterocycles. The van der Waals surface area contributed by atoms with Crippen molar-refractivity contribution in [2.45, 2.75) is 17.7 Å². The minimum absolute atomic E-state index is 0.303. The lowest BCUT2D eigenvalue weighted by Crippen LogP contribution is -2.25. The summed E-state index contributed by atoms with van der Waals surface area (Å²) in [6, 6.07) is 8.34. The van der Waals surface area contributed by atoms with Gasteiger partial charge in [0, 0.05) is 6.54 Å². The molecular formula is C10H16N2O2S. The van der Waals surface area contributed by atoms with Crippen LogP contribution in [0.5, 0.6) is 0 Å². The summed E-state index contributed by atoms with van der Waals surface area (Å²) in [6.45, 7) is 1.03. The fraction of sp³-hybridized carbons (Fsp3) is 0.400. The average Bonchev–Trinajstić information content (AvgIpc) is 2.26. The van der Waals surface area contributed by atoms with Crippen LogP contribution in [0.3, 0.4) is 0 Å². The molecule has 0 atom stereocenters. The molecule has 0 unspecified atom stereocenters. The second kappa shape index (κ2) is 5.85. The van der Waals surface area contributed by atoms with Gasteiger partial charge in [0.05, 0.1) is 4.90 Å². The summed E-state index contributed by atoms with van der Waals surface area (Å²) >= 11 is 0. The minimum atomic E-state index is -3.33. The van der Waals surface area contributed by atoms with Gasteiger partial charge in [0.1, 0.15) is 0 Å². The lowest BCUT2D eigenvalue weighted by Gasteiger charge is -2.05. The molecule has 0 spiro atoms. The highest BCUT2D eigenvalue weighted by molar-refractivity contribution is 7.89. The van der Waals surface area contributed by atoms with Crippen LogP contribution in [-0.4, -0.2) is 21.5 Å². The van der Waals surface area contributed by atoms with Gasteiger partial charge in [-0.2, -0.15) is 0 Å². The largest absolute Gasteiger partial charge is 0.330 e. The predicted molar refractivity (Wildman–Crippen MR) is 59.9 cm³/mol. The minimum Gasteiger partial charge on any atom is -0.330 e. The van der Waals surface area contributed by atoms with E-state index in [2.05, 4.69) is 4.72 Å². The molecule has 0 aliphatic rings. The Morgan fingerprint density at radius 1 is 1.13 bits per heavy atom. The second-order valence-electron chi connectivity index (χ2n) is 3.21. The van der Waals surface area contributed by atoms with E-state index in [4.69, 9.17) is 5.73 Å². The second-order valence-corrected chi connectivity index (χ2v) is 4.97. The van der Waals surface area contributed by atoms with Gasteiger partial charge in [0.15, 0.2) is 0 Å². The highest BCUT2D eigenvalue weighted by atomic mass is 32.2. The first-order chi connectivity index (χ1) is 7.17. The maximum Gasteiger partial charge on any atom is 0.240 e. The van der Waals surface area contributed by atoms with E-state index in [1.807, 2.05) is 0 Å². The quantitative estimate of drug-likeness (QED) is 0.704. The Balaban J connectivity index is 2.53. The van der Waals surface area contributed by atoms with Gasteiger partial charge in [-0.3, -0.25) is 0 Å². The Labute approximate surface area is 90.5 Å². The third kappa shape index (κ3) is 3.99. The molecule has 1 aromatic carbocycles. The molecule has 0 aliphatic carbocycles. The molecule has 0 saturated carbocycles. The molecule has 15 heavy (non-hydrogen) atoms. The molecule has 5 heteroatoms. The number of nitrogens with one attached hydrogen (secondary N) is 1. The van der Waals surface area contributed by atoms with Crippen LogP contribution in [0.2, 0.25) is 0 Å². The summed E-state index contributed by atoms with van der Waals surface area (Å²) in [6.07, 6.45) is 1.60.